The fourth-order valence-corrected chi connectivity index (χ4v) is 4.35. The van der Waals surface area contributed by atoms with E-state index in [4.69, 9.17) is 9.47 Å². The van der Waals surface area contributed by atoms with Gasteiger partial charge in [-0.05, 0) is 37.0 Å². The van der Waals surface area contributed by atoms with Crippen molar-refractivity contribution in [1.82, 2.24) is 4.90 Å². The van der Waals surface area contributed by atoms with E-state index < -0.39 is 11.9 Å². The Kier molecular flexibility index (Phi) is 6.51. The van der Waals surface area contributed by atoms with Crippen molar-refractivity contribution in [2.45, 2.75) is 25.7 Å². The Labute approximate surface area is 167 Å². The summed E-state index contributed by atoms with van der Waals surface area (Å²) in [5.74, 6) is -0.664. The monoisotopic (exact) mass is 405 g/mol. The van der Waals surface area contributed by atoms with Crippen LogP contribution in [0.5, 0.6) is 5.75 Å². The second-order valence-electron chi connectivity index (χ2n) is 6.57. The second kappa shape index (κ2) is 9.05. The number of hydrogen-bond acceptors (Lipinski definition) is 7. The molecule has 2 aromatic rings. The summed E-state index contributed by atoms with van der Waals surface area (Å²) in [4.78, 5) is 38.2. The van der Waals surface area contributed by atoms with Gasteiger partial charge in [-0.15, -0.1) is 11.3 Å². The van der Waals surface area contributed by atoms with Gasteiger partial charge < -0.3 is 19.1 Å². The highest BCUT2D eigenvalue weighted by Gasteiger charge is 2.23. The van der Waals surface area contributed by atoms with E-state index in [0.717, 1.165) is 36.2 Å². The van der Waals surface area contributed by atoms with Gasteiger partial charge in [-0.25, -0.2) is 9.59 Å². The van der Waals surface area contributed by atoms with Gasteiger partial charge in [0.2, 0.25) is 5.91 Å². The molecule has 0 atom stereocenters. The number of fused-ring (bicyclic) bond motifs is 1. The third-order valence-electron chi connectivity index (χ3n) is 4.71. The molecule has 0 bridgehead atoms. The van der Waals surface area contributed by atoms with Gasteiger partial charge in [-0.2, -0.15) is 0 Å². The lowest BCUT2D eigenvalue weighted by Crippen LogP contribution is -2.36. The van der Waals surface area contributed by atoms with E-state index in [9.17, 15) is 14.4 Å². The number of nitrogens with zero attached hydrogens (tertiary/aromatic N) is 1. The first-order valence-electron chi connectivity index (χ1n) is 9.14. The molecule has 7 nitrogen and oxygen atoms in total. The highest BCUT2D eigenvalue weighted by molar-refractivity contribution is 7.21. The highest BCUT2D eigenvalue weighted by Crippen LogP contribution is 2.39. The molecule has 150 valence electrons. The van der Waals surface area contributed by atoms with Gasteiger partial charge in [-0.1, -0.05) is 6.07 Å². The molecule has 8 heteroatoms. The molecule has 3 rings (SSSR count). The van der Waals surface area contributed by atoms with Gasteiger partial charge in [0.1, 0.15) is 0 Å². The molecule has 1 aromatic heterocycles. The molecule has 2 heterocycles. The summed E-state index contributed by atoms with van der Waals surface area (Å²) >= 11 is 1.22. The number of benzene rings is 1. The van der Waals surface area contributed by atoms with Crippen molar-refractivity contribution >= 4 is 39.3 Å². The van der Waals surface area contributed by atoms with E-state index in [1.807, 2.05) is 23.1 Å². The van der Waals surface area contributed by atoms with Crippen molar-refractivity contribution < 1.29 is 28.6 Å². The van der Waals surface area contributed by atoms with Gasteiger partial charge in [0.25, 0.3) is 0 Å². The van der Waals surface area contributed by atoms with Gasteiger partial charge in [-0.3, -0.25) is 4.79 Å². The largest absolute Gasteiger partial charge is 0.479 e. The summed E-state index contributed by atoms with van der Waals surface area (Å²) in [7, 11) is 2.56. The van der Waals surface area contributed by atoms with Gasteiger partial charge in [0, 0.05) is 23.2 Å². The Bertz CT molecular complexity index is 884. The van der Waals surface area contributed by atoms with Crippen LogP contribution in [-0.4, -0.2) is 56.7 Å². The summed E-state index contributed by atoms with van der Waals surface area (Å²) in [6.45, 7) is 1.33. The van der Waals surface area contributed by atoms with Crippen LogP contribution in [0.4, 0.5) is 0 Å². The van der Waals surface area contributed by atoms with Gasteiger partial charge in [0.05, 0.1) is 20.6 Å². The summed E-state index contributed by atoms with van der Waals surface area (Å²) in [5, 5.41) is 0.698. The maximum Gasteiger partial charge on any atom is 0.351 e. The molecule has 0 N–H and O–H groups in total. The molecule has 1 aliphatic heterocycles. The van der Waals surface area contributed by atoms with Crippen LogP contribution in [0.1, 0.15) is 34.5 Å². The molecule has 1 saturated heterocycles. The van der Waals surface area contributed by atoms with Crippen molar-refractivity contribution in [2.24, 2.45) is 0 Å². The van der Waals surface area contributed by atoms with E-state index in [-0.39, 0.29) is 17.4 Å². The number of esters is 2. The van der Waals surface area contributed by atoms with E-state index in [0.29, 0.717) is 17.6 Å². The van der Waals surface area contributed by atoms with Gasteiger partial charge in [0.15, 0.2) is 17.2 Å². The van der Waals surface area contributed by atoms with E-state index in [1.54, 1.807) is 0 Å². The lowest BCUT2D eigenvalue weighted by atomic mass is 10.1. The Balaban J connectivity index is 1.85. The van der Waals surface area contributed by atoms with Crippen molar-refractivity contribution in [2.75, 3.05) is 33.9 Å². The lowest BCUT2D eigenvalue weighted by molar-refractivity contribution is -0.142. The third kappa shape index (κ3) is 4.44. The molecule has 0 unspecified atom stereocenters. The fourth-order valence-electron chi connectivity index (χ4n) is 3.22. The highest BCUT2D eigenvalue weighted by atomic mass is 32.1. The number of rotatable bonds is 6. The number of thiophene rings is 1. The van der Waals surface area contributed by atoms with E-state index in [1.165, 1.54) is 32.0 Å². The summed E-state index contributed by atoms with van der Waals surface area (Å²) in [6.07, 6.45) is 3.60. The molecule has 1 fully saturated rings. The summed E-state index contributed by atoms with van der Waals surface area (Å²) in [6, 6.07) is 5.55. The predicted molar refractivity (Wildman–Crippen MR) is 105 cm³/mol. The quantitative estimate of drug-likeness (QED) is 0.688. The topological polar surface area (TPSA) is 82.1 Å². The Morgan fingerprint density at radius 2 is 1.82 bits per heavy atom. The van der Waals surface area contributed by atoms with Crippen LogP contribution in [0, 0.1) is 0 Å². The Morgan fingerprint density at radius 3 is 2.50 bits per heavy atom. The van der Waals surface area contributed by atoms with Crippen LogP contribution < -0.4 is 4.74 Å². The SMILES string of the molecule is COC(=O)COc1c(C(=O)OC)sc2cc(CC(=O)N3CCCCC3)ccc12. The molecule has 1 aromatic carbocycles. The molecular weight excluding hydrogens is 382 g/mol. The third-order valence-corrected chi connectivity index (χ3v) is 5.82. The molecule has 0 saturated carbocycles. The lowest BCUT2D eigenvalue weighted by Gasteiger charge is -2.26. The number of methoxy groups -OCH3 is 2. The normalized spacial score (nSPS) is 14.0. The predicted octanol–water partition coefficient (Wildman–Crippen LogP) is 2.79. The van der Waals surface area contributed by atoms with Gasteiger partial charge >= 0.3 is 11.9 Å². The molecule has 28 heavy (non-hydrogen) atoms. The number of carbonyl (C=O) groups excluding carboxylic acids is 3. The molecule has 1 aliphatic rings. The smallest absolute Gasteiger partial charge is 0.351 e. The fraction of sp³-hybridized carbons (Fsp3) is 0.450. The van der Waals surface area contributed by atoms with E-state index in [2.05, 4.69) is 4.74 Å². The molecule has 0 aliphatic carbocycles. The van der Waals surface area contributed by atoms with Crippen LogP contribution in [0.15, 0.2) is 18.2 Å². The maximum atomic E-state index is 12.5. The summed E-state index contributed by atoms with van der Waals surface area (Å²) < 4.78 is 15.8. The first-order valence-corrected chi connectivity index (χ1v) is 9.96. The maximum absolute atomic E-state index is 12.5. The molecule has 0 radical (unpaired) electrons. The average Bonchev–Trinajstić information content (AvgIpc) is 3.09. The van der Waals surface area contributed by atoms with Crippen LogP contribution in [0.2, 0.25) is 0 Å². The zero-order chi connectivity index (χ0) is 20.1. The first kappa shape index (κ1) is 20.1. The number of hydrogen-bond donors (Lipinski definition) is 0. The minimum absolute atomic E-state index is 0.117. The first-order chi connectivity index (χ1) is 13.5. The Hall–Kier alpha value is -2.61. The summed E-state index contributed by atoms with van der Waals surface area (Å²) in [5.41, 5.74) is 0.875. The minimum Gasteiger partial charge on any atom is -0.479 e. The minimum atomic E-state index is -0.543. The van der Waals surface area contributed by atoms with Crippen LogP contribution in [0.25, 0.3) is 10.1 Å². The number of ether oxygens (including phenoxy) is 3. The van der Waals surface area contributed by atoms with Crippen molar-refractivity contribution in [3.63, 3.8) is 0 Å². The Morgan fingerprint density at radius 1 is 1.07 bits per heavy atom. The zero-order valence-corrected chi connectivity index (χ0v) is 16.8. The standard InChI is InChI=1S/C20H23NO6S/c1-25-17(23)12-27-18-14-7-6-13(10-15(14)28-19(18)20(24)26-2)11-16(22)21-8-4-3-5-9-21/h6-7,10H,3-5,8-9,11-12H2,1-2H3. The number of likely N-dealkylation sites (tertiary alicyclic amines) is 1. The molecule has 0 spiro atoms. The second-order valence-corrected chi connectivity index (χ2v) is 7.62. The number of piperidine rings is 1. The average molecular weight is 405 g/mol. The van der Waals surface area contributed by atoms with Crippen LogP contribution in [-0.2, 0) is 25.5 Å². The zero-order valence-electron chi connectivity index (χ0n) is 16.0. The van der Waals surface area contributed by atoms with Crippen molar-refractivity contribution in [1.29, 1.82) is 0 Å². The van der Waals surface area contributed by atoms with Crippen LogP contribution in [0.3, 0.4) is 0 Å². The number of amides is 1. The van der Waals surface area contributed by atoms with E-state index >= 15 is 0 Å². The van der Waals surface area contributed by atoms with Crippen molar-refractivity contribution in [3.8, 4) is 5.75 Å². The molecule has 1 amide bonds. The van der Waals surface area contributed by atoms with Crippen LogP contribution >= 0.6 is 11.3 Å². The van der Waals surface area contributed by atoms with Crippen molar-refractivity contribution in [3.05, 3.63) is 28.6 Å². The molecular formula is C20H23NO6S. The number of carbonyl (C=O) groups is 3.